The minimum Gasteiger partial charge on any atom is -0.452 e. The SMILES string of the molecule is Cc1cc(C)c(NC(=O)COC(=O)c2cc(-c3ccccc3)nc3c2cnn3C(C)C)c(C)c1. The van der Waals surface area contributed by atoms with Gasteiger partial charge in [-0.05, 0) is 51.8 Å². The quantitative estimate of drug-likeness (QED) is 0.393. The van der Waals surface area contributed by atoms with Crippen LogP contribution in [0.2, 0.25) is 0 Å². The third-order valence-corrected chi connectivity index (χ3v) is 5.62. The lowest BCUT2D eigenvalue weighted by Crippen LogP contribution is -2.22. The predicted molar refractivity (Wildman–Crippen MR) is 133 cm³/mol. The van der Waals surface area contributed by atoms with Gasteiger partial charge in [-0.3, -0.25) is 4.79 Å². The number of ether oxygens (including phenoxy) is 1. The summed E-state index contributed by atoms with van der Waals surface area (Å²) in [7, 11) is 0. The summed E-state index contributed by atoms with van der Waals surface area (Å²) in [4.78, 5) is 30.4. The van der Waals surface area contributed by atoms with Gasteiger partial charge in [0.25, 0.3) is 5.91 Å². The normalized spacial score (nSPS) is 11.1. The van der Waals surface area contributed by atoms with Crippen LogP contribution in [0.15, 0.2) is 54.7 Å². The van der Waals surface area contributed by atoms with Gasteiger partial charge in [-0.15, -0.1) is 0 Å². The number of aromatic nitrogens is 3. The minimum absolute atomic E-state index is 0.0617. The maximum absolute atomic E-state index is 13.1. The minimum atomic E-state index is -0.597. The largest absolute Gasteiger partial charge is 0.452 e. The molecule has 174 valence electrons. The summed E-state index contributed by atoms with van der Waals surface area (Å²) >= 11 is 0. The first kappa shape index (κ1) is 23.2. The Balaban J connectivity index is 1.60. The van der Waals surface area contributed by atoms with Crippen molar-refractivity contribution in [3.8, 4) is 11.3 Å². The van der Waals surface area contributed by atoms with Crippen LogP contribution in [0.4, 0.5) is 5.69 Å². The smallest absolute Gasteiger partial charge is 0.339 e. The van der Waals surface area contributed by atoms with Crippen LogP contribution < -0.4 is 5.32 Å². The molecule has 7 heteroatoms. The molecule has 1 amide bonds. The molecule has 0 aliphatic heterocycles. The van der Waals surface area contributed by atoms with E-state index in [1.807, 2.05) is 77.1 Å². The van der Waals surface area contributed by atoms with E-state index in [1.54, 1.807) is 16.9 Å². The summed E-state index contributed by atoms with van der Waals surface area (Å²) in [6.07, 6.45) is 1.62. The fraction of sp³-hybridized carbons (Fsp3) is 0.259. The molecule has 4 rings (SSSR count). The average Bonchev–Trinajstić information content (AvgIpc) is 3.24. The number of fused-ring (bicyclic) bond motifs is 1. The summed E-state index contributed by atoms with van der Waals surface area (Å²) in [6, 6.07) is 15.4. The van der Waals surface area contributed by atoms with E-state index >= 15 is 0 Å². The van der Waals surface area contributed by atoms with Crippen molar-refractivity contribution in [3.05, 3.63) is 77.0 Å². The summed E-state index contributed by atoms with van der Waals surface area (Å²) in [5.74, 6) is -0.991. The predicted octanol–water partition coefficient (Wildman–Crippen LogP) is 5.40. The van der Waals surface area contributed by atoms with Gasteiger partial charge < -0.3 is 10.1 Å². The zero-order chi connectivity index (χ0) is 24.4. The Hall–Kier alpha value is -4.00. The second kappa shape index (κ2) is 9.47. The summed E-state index contributed by atoms with van der Waals surface area (Å²) in [5, 5.41) is 7.87. The summed E-state index contributed by atoms with van der Waals surface area (Å²) in [6.45, 7) is 9.49. The molecule has 2 aromatic carbocycles. The van der Waals surface area contributed by atoms with Crippen molar-refractivity contribution in [1.82, 2.24) is 14.8 Å². The van der Waals surface area contributed by atoms with Gasteiger partial charge in [0.15, 0.2) is 12.3 Å². The highest BCUT2D eigenvalue weighted by Gasteiger charge is 2.20. The lowest BCUT2D eigenvalue weighted by molar-refractivity contribution is -0.119. The Labute approximate surface area is 198 Å². The monoisotopic (exact) mass is 456 g/mol. The number of pyridine rings is 1. The maximum Gasteiger partial charge on any atom is 0.339 e. The van der Waals surface area contributed by atoms with Crippen LogP contribution in [0.25, 0.3) is 22.3 Å². The molecule has 2 heterocycles. The first-order chi connectivity index (χ1) is 16.2. The van der Waals surface area contributed by atoms with Crippen molar-refractivity contribution in [3.63, 3.8) is 0 Å². The molecule has 0 saturated heterocycles. The van der Waals surface area contributed by atoms with E-state index < -0.39 is 18.5 Å². The topological polar surface area (TPSA) is 86.1 Å². The van der Waals surface area contributed by atoms with E-state index in [4.69, 9.17) is 9.72 Å². The number of nitrogens with zero attached hydrogens (tertiary/aromatic N) is 3. The van der Waals surface area contributed by atoms with E-state index in [0.717, 1.165) is 27.9 Å². The molecule has 1 N–H and O–H groups in total. The van der Waals surface area contributed by atoms with Crippen LogP contribution in [0.5, 0.6) is 0 Å². The highest BCUT2D eigenvalue weighted by atomic mass is 16.5. The Kier molecular flexibility index (Phi) is 6.45. The van der Waals surface area contributed by atoms with Crippen molar-refractivity contribution in [2.45, 2.75) is 40.7 Å². The maximum atomic E-state index is 13.1. The first-order valence-corrected chi connectivity index (χ1v) is 11.2. The highest BCUT2D eigenvalue weighted by molar-refractivity contribution is 6.05. The zero-order valence-electron chi connectivity index (χ0n) is 20.0. The van der Waals surface area contributed by atoms with Crippen molar-refractivity contribution in [1.29, 1.82) is 0 Å². The van der Waals surface area contributed by atoms with Crippen molar-refractivity contribution in [2.24, 2.45) is 0 Å². The fourth-order valence-corrected chi connectivity index (χ4v) is 4.08. The van der Waals surface area contributed by atoms with Gasteiger partial charge in [0.05, 0.1) is 22.8 Å². The van der Waals surface area contributed by atoms with Gasteiger partial charge in [0, 0.05) is 17.3 Å². The lowest BCUT2D eigenvalue weighted by atomic mass is 10.1. The van der Waals surface area contributed by atoms with Gasteiger partial charge in [-0.2, -0.15) is 5.10 Å². The van der Waals surface area contributed by atoms with Crippen LogP contribution in [0.1, 0.15) is 46.9 Å². The van der Waals surface area contributed by atoms with E-state index in [1.165, 1.54) is 0 Å². The van der Waals surface area contributed by atoms with Crippen molar-refractivity contribution >= 4 is 28.6 Å². The Morgan fingerprint density at radius 3 is 2.35 bits per heavy atom. The molecule has 0 radical (unpaired) electrons. The number of amides is 1. The number of rotatable bonds is 6. The number of aryl methyl sites for hydroxylation is 3. The molecule has 4 aromatic rings. The number of benzene rings is 2. The van der Waals surface area contributed by atoms with Gasteiger partial charge in [-0.25, -0.2) is 14.5 Å². The number of hydrogen-bond donors (Lipinski definition) is 1. The van der Waals surface area contributed by atoms with Crippen molar-refractivity contribution < 1.29 is 14.3 Å². The molecule has 0 unspecified atom stereocenters. The summed E-state index contributed by atoms with van der Waals surface area (Å²) in [5.41, 5.74) is 6.21. The van der Waals surface area contributed by atoms with Crippen LogP contribution in [-0.2, 0) is 9.53 Å². The number of carbonyl (C=O) groups is 2. The molecule has 0 spiro atoms. The lowest BCUT2D eigenvalue weighted by Gasteiger charge is -2.13. The molecule has 0 atom stereocenters. The van der Waals surface area contributed by atoms with Gasteiger partial charge in [0.1, 0.15) is 0 Å². The van der Waals surface area contributed by atoms with E-state index in [2.05, 4.69) is 10.4 Å². The molecule has 0 aliphatic rings. The summed E-state index contributed by atoms with van der Waals surface area (Å²) < 4.78 is 7.19. The van der Waals surface area contributed by atoms with Crippen LogP contribution in [0, 0.1) is 20.8 Å². The second-order valence-electron chi connectivity index (χ2n) is 8.74. The van der Waals surface area contributed by atoms with Crippen LogP contribution >= 0.6 is 0 Å². The third kappa shape index (κ3) is 4.69. The molecular formula is C27H28N4O3. The highest BCUT2D eigenvalue weighted by Crippen LogP contribution is 2.27. The zero-order valence-corrected chi connectivity index (χ0v) is 20.0. The number of anilines is 1. The number of nitrogens with one attached hydrogen (secondary N) is 1. The van der Waals surface area contributed by atoms with E-state index in [9.17, 15) is 9.59 Å². The fourth-order valence-electron chi connectivity index (χ4n) is 4.08. The van der Waals surface area contributed by atoms with Gasteiger partial charge >= 0.3 is 5.97 Å². The number of esters is 1. The molecular weight excluding hydrogens is 428 g/mol. The second-order valence-corrected chi connectivity index (χ2v) is 8.74. The number of carbonyl (C=O) groups excluding carboxylic acids is 2. The standard InChI is InChI=1S/C27H28N4O3/c1-16(2)31-26-22(14-28-31)21(13-23(29-26)20-9-7-6-8-10-20)27(33)34-15-24(32)30-25-18(4)11-17(3)12-19(25)5/h6-14,16H,15H2,1-5H3,(H,30,32). The average molecular weight is 457 g/mol. The number of hydrogen-bond acceptors (Lipinski definition) is 5. The molecule has 0 aliphatic carbocycles. The Morgan fingerprint density at radius 2 is 1.71 bits per heavy atom. The van der Waals surface area contributed by atoms with E-state index in [-0.39, 0.29) is 6.04 Å². The van der Waals surface area contributed by atoms with Crippen LogP contribution in [0.3, 0.4) is 0 Å². The molecule has 0 saturated carbocycles. The molecule has 2 aromatic heterocycles. The first-order valence-electron chi connectivity index (χ1n) is 11.2. The van der Waals surface area contributed by atoms with Crippen molar-refractivity contribution in [2.75, 3.05) is 11.9 Å². The van der Waals surface area contributed by atoms with Gasteiger partial charge in [0.2, 0.25) is 0 Å². The molecule has 0 fully saturated rings. The molecule has 34 heavy (non-hydrogen) atoms. The molecule has 0 bridgehead atoms. The Bertz CT molecular complexity index is 1350. The van der Waals surface area contributed by atoms with E-state index in [0.29, 0.717) is 22.3 Å². The third-order valence-electron chi connectivity index (χ3n) is 5.62. The van der Waals surface area contributed by atoms with Crippen LogP contribution in [-0.4, -0.2) is 33.2 Å². The molecule has 7 nitrogen and oxygen atoms in total. The Morgan fingerprint density at radius 1 is 1.03 bits per heavy atom. The van der Waals surface area contributed by atoms with Gasteiger partial charge in [-0.1, -0.05) is 48.0 Å².